The largest absolute Gasteiger partial charge is 0.460 e. The van der Waals surface area contributed by atoms with Crippen molar-refractivity contribution < 1.29 is 18.6 Å². The van der Waals surface area contributed by atoms with Gasteiger partial charge in [-0.1, -0.05) is 0 Å². The van der Waals surface area contributed by atoms with E-state index in [1.54, 1.807) is 0 Å². The molecule has 0 aromatic heterocycles. The van der Waals surface area contributed by atoms with Gasteiger partial charge in [-0.25, -0.2) is 4.79 Å². The van der Waals surface area contributed by atoms with Crippen molar-refractivity contribution in [2.24, 2.45) is 0 Å². The van der Waals surface area contributed by atoms with Crippen molar-refractivity contribution in [2.75, 3.05) is 21.3 Å². The van der Waals surface area contributed by atoms with Crippen LogP contribution >= 0.6 is 26.9 Å². The summed E-state index contributed by atoms with van der Waals surface area (Å²) in [6.07, 6.45) is 0. The molecule has 0 fully saturated rings. The summed E-state index contributed by atoms with van der Waals surface area (Å²) in [6.45, 7) is 0. The molecule has 0 atom stereocenters. The van der Waals surface area contributed by atoms with Gasteiger partial charge in [0.2, 0.25) is 0 Å². The molecule has 4 nitrogen and oxygen atoms in total. The topological polar surface area (TPSA) is 44.8 Å². The molecule has 0 aliphatic carbocycles. The van der Waals surface area contributed by atoms with Crippen molar-refractivity contribution in [2.45, 2.75) is 0 Å². The van der Waals surface area contributed by atoms with Gasteiger partial charge in [0.05, 0.1) is 7.11 Å². The van der Waals surface area contributed by atoms with Gasteiger partial charge in [-0.2, -0.15) is 0 Å². The van der Waals surface area contributed by atoms with E-state index in [-0.39, 0.29) is 0 Å². The van der Waals surface area contributed by atoms with Crippen molar-refractivity contribution in [1.29, 1.82) is 0 Å². The molecular weight excluding hydrogens is 239 g/mol. The first-order valence-electron chi connectivity index (χ1n) is 2.73. The van der Waals surface area contributed by atoms with E-state index in [9.17, 15) is 4.79 Å². The van der Waals surface area contributed by atoms with E-state index in [2.05, 4.69) is 4.74 Å². The SMILES string of the molecule is COC(=O)SSP(=S)(OC)OC. The molecule has 0 aromatic carbocycles. The predicted octanol–water partition coefficient (Wildman–Crippen LogP) is 2.65. The summed E-state index contributed by atoms with van der Waals surface area (Å²) in [4.78, 5) is 10.7. The molecule has 0 N–H and O–H groups in total. The Balaban J connectivity index is 3.89. The maximum Gasteiger partial charge on any atom is 0.378 e. The molecule has 0 spiro atoms. The van der Waals surface area contributed by atoms with E-state index in [1.165, 1.54) is 21.3 Å². The fourth-order valence-corrected chi connectivity index (χ4v) is 5.05. The van der Waals surface area contributed by atoms with Crippen LogP contribution in [0.1, 0.15) is 0 Å². The first-order chi connectivity index (χ1) is 5.58. The second-order valence-electron chi connectivity index (χ2n) is 1.42. The Morgan fingerprint density at radius 2 is 1.83 bits per heavy atom. The Hall–Kier alpha value is 0.740. The minimum absolute atomic E-state index is 0.414. The van der Waals surface area contributed by atoms with E-state index in [0.29, 0.717) is 0 Å². The van der Waals surface area contributed by atoms with Crippen LogP contribution in [0.4, 0.5) is 4.79 Å². The van der Waals surface area contributed by atoms with Crippen LogP contribution in [0.15, 0.2) is 0 Å². The molecule has 72 valence electrons. The first kappa shape index (κ1) is 12.7. The first-order valence-corrected chi connectivity index (χ1v) is 8.13. The van der Waals surface area contributed by atoms with Gasteiger partial charge < -0.3 is 13.8 Å². The summed E-state index contributed by atoms with van der Waals surface area (Å²) in [5.41, 5.74) is -2.34. The normalized spacial score (nSPS) is 11.2. The Labute approximate surface area is 84.0 Å². The number of carbonyl (C=O) groups excluding carboxylic acids is 1. The predicted molar refractivity (Wildman–Crippen MR) is 55.9 cm³/mol. The highest BCUT2D eigenvalue weighted by Crippen LogP contribution is 2.64. The van der Waals surface area contributed by atoms with Crippen LogP contribution in [0.3, 0.4) is 0 Å². The summed E-state index contributed by atoms with van der Waals surface area (Å²) in [5.74, 6) is 0. The zero-order chi connectivity index (χ0) is 9.61. The molecular formula is C4H9O4PS3. The average Bonchev–Trinajstić information content (AvgIpc) is 2.13. The highest BCUT2D eigenvalue weighted by atomic mass is 33.4. The number of carbonyl (C=O) groups is 1. The molecule has 0 rings (SSSR count). The molecule has 0 saturated carbocycles. The van der Waals surface area contributed by atoms with Gasteiger partial charge in [0, 0.05) is 35.4 Å². The number of hydrogen-bond acceptors (Lipinski definition) is 7. The van der Waals surface area contributed by atoms with Gasteiger partial charge in [-0.3, -0.25) is 0 Å². The zero-order valence-electron chi connectivity index (χ0n) is 6.80. The van der Waals surface area contributed by atoms with E-state index >= 15 is 0 Å². The van der Waals surface area contributed by atoms with Crippen LogP contribution in [0.5, 0.6) is 0 Å². The minimum Gasteiger partial charge on any atom is -0.460 e. The van der Waals surface area contributed by atoms with Gasteiger partial charge in [0.25, 0.3) is 5.69 Å². The summed E-state index contributed by atoms with van der Waals surface area (Å²) in [7, 11) is 6.17. The maximum absolute atomic E-state index is 10.7. The molecule has 0 aliphatic rings. The summed E-state index contributed by atoms with van der Waals surface area (Å²) >= 11 is 4.97. The van der Waals surface area contributed by atoms with Gasteiger partial charge in [-0.15, -0.1) is 0 Å². The van der Waals surface area contributed by atoms with Crippen molar-refractivity contribution >= 4 is 44.0 Å². The number of ether oxygens (including phenoxy) is 1. The van der Waals surface area contributed by atoms with Crippen molar-refractivity contribution in [3.8, 4) is 0 Å². The molecule has 0 bridgehead atoms. The highest BCUT2D eigenvalue weighted by molar-refractivity contribution is 9.06. The van der Waals surface area contributed by atoms with Gasteiger partial charge in [0.15, 0.2) is 0 Å². The Bertz CT molecular complexity index is 189. The van der Waals surface area contributed by atoms with Crippen LogP contribution in [0, 0.1) is 0 Å². The minimum atomic E-state index is -2.34. The molecule has 0 radical (unpaired) electrons. The number of rotatable bonds is 4. The summed E-state index contributed by atoms with van der Waals surface area (Å²) in [6, 6.07) is 0. The second-order valence-corrected chi connectivity index (χ2v) is 9.56. The standard InChI is InChI=1S/C4H9O4PS3/c1-6-4(5)11-12-9(10,7-2)8-3/h1-3H3. The third-order valence-corrected chi connectivity index (χ3v) is 9.19. The van der Waals surface area contributed by atoms with Crippen molar-refractivity contribution in [1.82, 2.24) is 0 Å². The third kappa shape index (κ3) is 4.69. The molecule has 0 unspecified atom stereocenters. The molecule has 0 heterocycles. The van der Waals surface area contributed by atoms with Crippen molar-refractivity contribution in [3.63, 3.8) is 0 Å². The molecule has 0 aliphatic heterocycles. The van der Waals surface area contributed by atoms with Gasteiger partial charge in [0.1, 0.15) is 0 Å². The van der Waals surface area contributed by atoms with E-state index in [1.807, 2.05) is 0 Å². The number of methoxy groups -OCH3 is 1. The Morgan fingerprint density at radius 1 is 1.33 bits per heavy atom. The lowest BCUT2D eigenvalue weighted by atomic mass is 11.5. The summed E-state index contributed by atoms with van der Waals surface area (Å²) < 4.78 is 14.2. The van der Waals surface area contributed by atoms with Crippen molar-refractivity contribution in [3.05, 3.63) is 0 Å². The molecule has 12 heavy (non-hydrogen) atoms. The highest BCUT2D eigenvalue weighted by Gasteiger charge is 2.19. The Morgan fingerprint density at radius 3 is 2.17 bits per heavy atom. The molecule has 0 amide bonds. The lowest BCUT2D eigenvalue weighted by molar-refractivity contribution is 0.200. The third-order valence-electron chi connectivity index (χ3n) is 0.810. The summed E-state index contributed by atoms with van der Waals surface area (Å²) in [5, 5.41) is -0.414. The van der Waals surface area contributed by atoms with Gasteiger partial charge in [-0.05, 0) is 11.8 Å². The fraction of sp³-hybridized carbons (Fsp3) is 0.750. The van der Waals surface area contributed by atoms with E-state index in [0.717, 1.165) is 21.2 Å². The lowest BCUT2D eigenvalue weighted by Gasteiger charge is -2.14. The quantitative estimate of drug-likeness (QED) is 0.430. The smallest absolute Gasteiger partial charge is 0.378 e. The Kier molecular flexibility index (Phi) is 6.62. The van der Waals surface area contributed by atoms with E-state index < -0.39 is 11.0 Å². The monoisotopic (exact) mass is 248 g/mol. The van der Waals surface area contributed by atoms with E-state index in [4.69, 9.17) is 20.9 Å². The van der Waals surface area contributed by atoms with Crippen LogP contribution in [-0.2, 0) is 25.6 Å². The molecule has 0 saturated heterocycles. The molecule has 0 aromatic rings. The van der Waals surface area contributed by atoms with Crippen LogP contribution in [0.25, 0.3) is 0 Å². The van der Waals surface area contributed by atoms with Crippen LogP contribution < -0.4 is 0 Å². The average molecular weight is 248 g/mol. The van der Waals surface area contributed by atoms with Crippen LogP contribution in [-0.4, -0.2) is 26.6 Å². The fourth-order valence-electron chi connectivity index (χ4n) is 0.245. The maximum atomic E-state index is 10.7. The second kappa shape index (κ2) is 6.23. The zero-order valence-corrected chi connectivity index (χ0v) is 10.1. The lowest BCUT2D eigenvalue weighted by Crippen LogP contribution is -1.88. The van der Waals surface area contributed by atoms with Crippen LogP contribution in [0.2, 0.25) is 0 Å². The molecule has 8 heteroatoms. The van der Waals surface area contributed by atoms with Gasteiger partial charge >= 0.3 is 5.30 Å². The number of hydrogen-bond donors (Lipinski definition) is 0.